The van der Waals surface area contributed by atoms with Crippen LogP contribution in [0.1, 0.15) is 51.4 Å². The van der Waals surface area contributed by atoms with Crippen molar-refractivity contribution in [1.29, 1.82) is 0 Å². The second-order valence-corrected chi connectivity index (χ2v) is 7.94. The molecule has 2 N–H and O–H groups in total. The fourth-order valence-electron chi connectivity index (χ4n) is 4.28. The summed E-state index contributed by atoms with van der Waals surface area (Å²) in [6.07, 6.45) is 7.96. The molecule has 0 spiro atoms. The number of hydrogen-bond donors (Lipinski definition) is 2. The van der Waals surface area contributed by atoms with Gasteiger partial charge in [0.05, 0.1) is 0 Å². The molecule has 2 saturated heterocycles. The molecule has 3 aliphatic rings. The van der Waals surface area contributed by atoms with Crippen molar-refractivity contribution in [1.82, 2.24) is 20.4 Å². The summed E-state index contributed by atoms with van der Waals surface area (Å²) in [6.45, 7) is 4.11. The molecule has 3 rings (SSSR count). The first kappa shape index (κ1) is 20.9. The summed E-state index contributed by atoms with van der Waals surface area (Å²) in [4.78, 5) is 33.0. The fourth-order valence-corrected chi connectivity index (χ4v) is 4.28. The minimum atomic E-state index is -0.244. The van der Waals surface area contributed by atoms with E-state index in [1.165, 1.54) is 19.3 Å². The van der Waals surface area contributed by atoms with Crippen molar-refractivity contribution < 1.29 is 14.3 Å². The Morgan fingerprint density at radius 2 is 1.71 bits per heavy atom. The molecule has 28 heavy (non-hydrogen) atoms. The average Bonchev–Trinajstić information content (AvgIpc) is 3.26. The largest absolute Gasteiger partial charge is 0.368 e. The fraction of sp³-hybridized carbons (Fsp3) is 0.850. The number of rotatable bonds is 5. The molecule has 1 unspecified atom stereocenters. The van der Waals surface area contributed by atoms with Gasteiger partial charge in [0.2, 0.25) is 5.91 Å². The standard InChI is InChI=1S/C20H35N5O3/c1-21-20(22-10-9-18(26)23-16-6-3-2-4-7-16)25-13-11-24(12-14-25)19(27)17-8-5-15-28-17/h16-17H,2-15H2,1H3,(H,21,22)(H,23,26). The third-order valence-electron chi connectivity index (χ3n) is 5.91. The Morgan fingerprint density at radius 1 is 1.00 bits per heavy atom. The highest BCUT2D eigenvalue weighted by atomic mass is 16.5. The number of amides is 2. The molecule has 0 radical (unpaired) electrons. The number of nitrogens with zero attached hydrogens (tertiary/aromatic N) is 3. The van der Waals surface area contributed by atoms with Crippen molar-refractivity contribution in [2.45, 2.75) is 63.5 Å². The molecular weight excluding hydrogens is 358 g/mol. The predicted molar refractivity (Wildman–Crippen MR) is 108 cm³/mol. The van der Waals surface area contributed by atoms with Crippen molar-refractivity contribution in [3.63, 3.8) is 0 Å². The molecule has 0 aromatic heterocycles. The van der Waals surface area contributed by atoms with E-state index in [0.29, 0.717) is 38.7 Å². The normalized spacial score (nSPS) is 24.3. The lowest BCUT2D eigenvalue weighted by atomic mass is 9.95. The van der Waals surface area contributed by atoms with E-state index in [4.69, 9.17) is 4.74 Å². The topological polar surface area (TPSA) is 86.3 Å². The summed E-state index contributed by atoms with van der Waals surface area (Å²) in [7, 11) is 1.76. The molecule has 158 valence electrons. The maximum atomic E-state index is 12.4. The van der Waals surface area contributed by atoms with E-state index in [-0.39, 0.29) is 17.9 Å². The van der Waals surface area contributed by atoms with Crippen LogP contribution in [0.3, 0.4) is 0 Å². The summed E-state index contributed by atoms with van der Waals surface area (Å²) in [6, 6.07) is 0.357. The number of hydrogen-bond acceptors (Lipinski definition) is 4. The Kier molecular flexibility index (Phi) is 7.94. The Balaban J connectivity index is 1.35. The van der Waals surface area contributed by atoms with Crippen LogP contribution in [0.2, 0.25) is 0 Å². The van der Waals surface area contributed by atoms with Crippen molar-refractivity contribution in [2.24, 2.45) is 4.99 Å². The third-order valence-corrected chi connectivity index (χ3v) is 5.91. The van der Waals surface area contributed by atoms with Crippen LogP contribution in [0.4, 0.5) is 0 Å². The Morgan fingerprint density at radius 3 is 2.36 bits per heavy atom. The highest BCUT2D eigenvalue weighted by Gasteiger charge is 2.30. The molecule has 3 fully saturated rings. The average molecular weight is 394 g/mol. The molecule has 1 atom stereocenters. The predicted octanol–water partition coefficient (Wildman–Crippen LogP) is 0.724. The monoisotopic (exact) mass is 393 g/mol. The number of nitrogens with one attached hydrogen (secondary N) is 2. The van der Waals surface area contributed by atoms with Crippen molar-refractivity contribution in [3.05, 3.63) is 0 Å². The van der Waals surface area contributed by atoms with Crippen LogP contribution < -0.4 is 10.6 Å². The van der Waals surface area contributed by atoms with Gasteiger partial charge in [0, 0.05) is 58.8 Å². The number of guanidine groups is 1. The molecule has 8 nitrogen and oxygen atoms in total. The van der Waals surface area contributed by atoms with Crippen molar-refractivity contribution in [3.8, 4) is 0 Å². The molecule has 0 aromatic carbocycles. The number of ether oxygens (including phenoxy) is 1. The minimum Gasteiger partial charge on any atom is -0.368 e. The second kappa shape index (κ2) is 10.6. The van der Waals surface area contributed by atoms with E-state index in [2.05, 4.69) is 20.5 Å². The molecular formula is C20H35N5O3. The van der Waals surface area contributed by atoms with Gasteiger partial charge in [0.15, 0.2) is 5.96 Å². The second-order valence-electron chi connectivity index (χ2n) is 7.94. The van der Waals surface area contributed by atoms with Crippen LogP contribution in [-0.2, 0) is 14.3 Å². The number of piperazine rings is 1. The lowest BCUT2D eigenvalue weighted by molar-refractivity contribution is -0.142. The summed E-state index contributed by atoms with van der Waals surface area (Å²) in [5.74, 6) is 1.04. The zero-order valence-electron chi connectivity index (χ0n) is 17.1. The van der Waals surface area contributed by atoms with Gasteiger partial charge in [0.1, 0.15) is 6.10 Å². The van der Waals surface area contributed by atoms with Crippen molar-refractivity contribution in [2.75, 3.05) is 46.4 Å². The molecule has 1 saturated carbocycles. The summed E-state index contributed by atoms with van der Waals surface area (Å²) in [5.41, 5.74) is 0. The molecule has 8 heteroatoms. The van der Waals surface area contributed by atoms with E-state index in [9.17, 15) is 9.59 Å². The van der Waals surface area contributed by atoms with Crippen LogP contribution in [-0.4, -0.2) is 86.1 Å². The van der Waals surface area contributed by atoms with Gasteiger partial charge >= 0.3 is 0 Å². The number of carbonyl (C=O) groups is 2. The Hall–Kier alpha value is -1.83. The maximum absolute atomic E-state index is 12.4. The molecule has 1 aliphatic carbocycles. The quantitative estimate of drug-likeness (QED) is 0.531. The van der Waals surface area contributed by atoms with Crippen LogP contribution in [0, 0.1) is 0 Å². The van der Waals surface area contributed by atoms with Crippen LogP contribution in [0.15, 0.2) is 4.99 Å². The highest BCUT2D eigenvalue weighted by Crippen LogP contribution is 2.17. The lowest BCUT2D eigenvalue weighted by Gasteiger charge is -2.37. The van der Waals surface area contributed by atoms with Crippen LogP contribution >= 0.6 is 0 Å². The molecule has 0 bridgehead atoms. The van der Waals surface area contributed by atoms with Gasteiger partial charge in [-0.15, -0.1) is 0 Å². The first-order chi connectivity index (χ1) is 13.7. The van der Waals surface area contributed by atoms with Gasteiger partial charge in [-0.2, -0.15) is 0 Å². The first-order valence-electron chi connectivity index (χ1n) is 10.8. The van der Waals surface area contributed by atoms with Crippen LogP contribution in [0.25, 0.3) is 0 Å². The van der Waals surface area contributed by atoms with E-state index < -0.39 is 0 Å². The number of carbonyl (C=O) groups excluding carboxylic acids is 2. The van der Waals surface area contributed by atoms with Crippen molar-refractivity contribution >= 4 is 17.8 Å². The van der Waals surface area contributed by atoms with Crippen LogP contribution in [0.5, 0.6) is 0 Å². The number of aliphatic imine (C=N–C) groups is 1. The van der Waals surface area contributed by atoms with E-state index in [1.54, 1.807) is 7.05 Å². The molecule has 2 aliphatic heterocycles. The van der Waals surface area contributed by atoms with Gasteiger partial charge in [0.25, 0.3) is 5.91 Å². The van der Waals surface area contributed by atoms with E-state index >= 15 is 0 Å². The van der Waals surface area contributed by atoms with Gasteiger partial charge < -0.3 is 25.2 Å². The minimum absolute atomic E-state index is 0.113. The SMILES string of the molecule is CN=C(NCCC(=O)NC1CCCCC1)N1CCN(C(=O)C2CCCO2)CC1. The molecule has 0 aromatic rings. The summed E-state index contributed by atoms with van der Waals surface area (Å²) >= 11 is 0. The highest BCUT2D eigenvalue weighted by molar-refractivity contribution is 5.83. The van der Waals surface area contributed by atoms with Gasteiger partial charge in [-0.1, -0.05) is 19.3 Å². The third kappa shape index (κ3) is 5.83. The summed E-state index contributed by atoms with van der Waals surface area (Å²) < 4.78 is 5.51. The van der Waals surface area contributed by atoms with E-state index in [1.807, 2.05) is 4.90 Å². The van der Waals surface area contributed by atoms with Gasteiger partial charge in [-0.3, -0.25) is 14.6 Å². The smallest absolute Gasteiger partial charge is 0.251 e. The zero-order valence-corrected chi connectivity index (χ0v) is 17.1. The van der Waals surface area contributed by atoms with Gasteiger partial charge in [-0.05, 0) is 25.7 Å². The zero-order chi connectivity index (χ0) is 19.8. The Bertz CT molecular complexity index is 548. The van der Waals surface area contributed by atoms with Gasteiger partial charge in [-0.25, -0.2) is 0 Å². The Labute approximate surface area is 168 Å². The molecule has 2 heterocycles. The van der Waals surface area contributed by atoms with E-state index in [0.717, 1.165) is 44.7 Å². The lowest BCUT2D eigenvalue weighted by Crippen LogP contribution is -2.55. The molecule has 2 amide bonds. The summed E-state index contributed by atoms with van der Waals surface area (Å²) in [5, 5.41) is 6.44. The first-order valence-corrected chi connectivity index (χ1v) is 10.8. The maximum Gasteiger partial charge on any atom is 0.251 e.